The van der Waals surface area contributed by atoms with Gasteiger partial charge >= 0.3 is 0 Å². The lowest BCUT2D eigenvalue weighted by atomic mass is 10.0. The van der Waals surface area contributed by atoms with Gasteiger partial charge in [0.05, 0.1) is 12.7 Å². The van der Waals surface area contributed by atoms with Crippen molar-refractivity contribution in [2.24, 2.45) is 5.73 Å². The molecule has 1 atom stereocenters. The van der Waals surface area contributed by atoms with Crippen molar-refractivity contribution in [2.45, 2.75) is 32.4 Å². The minimum atomic E-state index is 0.155. The molecule has 0 aliphatic carbocycles. The fourth-order valence-corrected chi connectivity index (χ4v) is 2.11. The number of pyridine rings is 1. The van der Waals surface area contributed by atoms with E-state index in [1.165, 1.54) is 0 Å². The maximum absolute atomic E-state index is 6.04. The number of aromatic nitrogens is 1. The van der Waals surface area contributed by atoms with Gasteiger partial charge < -0.3 is 15.2 Å². The monoisotopic (exact) mass is 286 g/mol. The highest BCUT2D eigenvalue weighted by Crippen LogP contribution is 2.23. The third kappa shape index (κ3) is 4.20. The van der Waals surface area contributed by atoms with Crippen molar-refractivity contribution in [1.82, 2.24) is 4.98 Å². The fraction of sp³-hybridized carbons (Fsp3) is 0.353. The van der Waals surface area contributed by atoms with Crippen LogP contribution in [0.1, 0.15) is 24.5 Å². The zero-order valence-corrected chi connectivity index (χ0v) is 12.6. The molecule has 4 nitrogen and oxygen atoms in total. The average molecular weight is 286 g/mol. The van der Waals surface area contributed by atoms with Crippen molar-refractivity contribution in [3.8, 4) is 11.6 Å². The van der Waals surface area contributed by atoms with Crippen LogP contribution in [0.2, 0.25) is 0 Å². The van der Waals surface area contributed by atoms with E-state index in [2.05, 4.69) is 18.0 Å². The highest BCUT2D eigenvalue weighted by Gasteiger charge is 2.09. The summed E-state index contributed by atoms with van der Waals surface area (Å²) in [7, 11) is 1.61. The molecular formula is C17H22N2O2. The Morgan fingerprint density at radius 2 is 1.90 bits per heavy atom. The van der Waals surface area contributed by atoms with Crippen LogP contribution in [0.5, 0.6) is 11.6 Å². The molecule has 0 aliphatic rings. The molecule has 2 N–H and O–H groups in total. The lowest BCUT2D eigenvalue weighted by molar-refractivity contribution is 0.290. The Hall–Kier alpha value is -2.07. The molecule has 0 saturated carbocycles. The quantitative estimate of drug-likeness (QED) is 0.850. The molecule has 0 bridgehead atoms. The van der Waals surface area contributed by atoms with Gasteiger partial charge in [0, 0.05) is 12.2 Å². The average Bonchev–Trinajstić information content (AvgIpc) is 2.54. The van der Waals surface area contributed by atoms with E-state index in [4.69, 9.17) is 15.2 Å². The lowest BCUT2D eigenvalue weighted by Gasteiger charge is -2.15. The number of nitrogens with two attached hydrogens (primary N) is 1. The van der Waals surface area contributed by atoms with Gasteiger partial charge in [0.15, 0.2) is 0 Å². The Labute approximate surface area is 125 Å². The highest BCUT2D eigenvalue weighted by molar-refractivity contribution is 5.35. The van der Waals surface area contributed by atoms with E-state index in [-0.39, 0.29) is 6.04 Å². The van der Waals surface area contributed by atoms with Crippen molar-refractivity contribution >= 4 is 0 Å². The van der Waals surface area contributed by atoms with E-state index in [9.17, 15) is 0 Å². The molecule has 112 valence electrons. The zero-order valence-electron chi connectivity index (χ0n) is 12.6. The molecular weight excluding hydrogens is 264 g/mol. The van der Waals surface area contributed by atoms with Gasteiger partial charge in [0.2, 0.25) is 5.88 Å². The van der Waals surface area contributed by atoms with Crippen LogP contribution in [0, 0.1) is 0 Å². The molecule has 4 heteroatoms. The second-order valence-corrected chi connectivity index (χ2v) is 4.94. The van der Waals surface area contributed by atoms with Crippen LogP contribution in [0.25, 0.3) is 0 Å². The van der Waals surface area contributed by atoms with Crippen LogP contribution in [0.15, 0.2) is 42.6 Å². The van der Waals surface area contributed by atoms with Crippen molar-refractivity contribution in [2.75, 3.05) is 7.11 Å². The van der Waals surface area contributed by atoms with E-state index in [1.54, 1.807) is 13.3 Å². The summed E-state index contributed by atoms with van der Waals surface area (Å²) in [5.74, 6) is 1.47. The smallest absolute Gasteiger partial charge is 0.219 e. The summed E-state index contributed by atoms with van der Waals surface area (Å²) in [5, 5.41) is 0. The molecule has 1 aromatic carbocycles. The molecule has 1 aromatic heterocycles. The second-order valence-electron chi connectivity index (χ2n) is 4.94. The molecule has 2 aromatic rings. The third-order valence-corrected chi connectivity index (χ3v) is 3.41. The molecule has 0 saturated heterocycles. The van der Waals surface area contributed by atoms with Gasteiger partial charge in [-0.1, -0.05) is 25.1 Å². The van der Waals surface area contributed by atoms with E-state index in [1.807, 2.05) is 30.3 Å². The number of hydrogen-bond acceptors (Lipinski definition) is 4. The van der Waals surface area contributed by atoms with Crippen LogP contribution in [-0.2, 0) is 13.0 Å². The Kier molecular flexibility index (Phi) is 5.58. The van der Waals surface area contributed by atoms with Gasteiger partial charge in [-0.15, -0.1) is 0 Å². The SMILES string of the molecule is CCC(N)Cc1ccccc1OCc1cccnc1OC. The molecule has 1 heterocycles. The minimum absolute atomic E-state index is 0.155. The highest BCUT2D eigenvalue weighted by atomic mass is 16.5. The first-order chi connectivity index (χ1) is 10.2. The number of benzene rings is 1. The minimum Gasteiger partial charge on any atom is -0.488 e. The first-order valence-electron chi connectivity index (χ1n) is 7.18. The summed E-state index contributed by atoms with van der Waals surface area (Å²) >= 11 is 0. The Morgan fingerprint density at radius 3 is 2.67 bits per heavy atom. The van der Waals surface area contributed by atoms with Crippen LogP contribution in [0.3, 0.4) is 0 Å². The fourth-order valence-electron chi connectivity index (χ4n) is 2.11. The predicted octanol–water partition coefficient (Wildman–Crippen LogP) is 2.95. The van der Waals surface area contributed by atoms with Crippen molar-refractivity contribution in [1.29, 1.82) is 0 Å². The summed E-state index contributed by atoms with van der Waals surface area (Å²) in [4.78, 5) is 4.17. The number of methoxy groups -OCH3 is 1. The summed E-state index contributed by atoms with van der Waals surface area (Å²) < 4.78 is 11.2. The Balaban J connectivity index is 2.09. The standard InChI is InChI=1S/C17H22N2O2/c1-3-15(18)11-13-7-4-5-9-16(13)21-12-14-8-6-10-19-17(14)20-2/h4-10,15H,3,11-12,18H2,1-2H3. The molecule has 0 fully saturated rings. The molecule has 0 amide bonds. The van der Waals surface area contributed by atoms with Gasteiger partial charge in [-0.2, -0.15) is 0 Å². The largest absolute Gasteiger partial charge is 0.488 e. The Bertz CT molecular complexity index is 572. The molecule has 2 rings (SSSR count). The zero-order chi connectivity index (χ0) is 15.1. The van der Waals surface area contributed by atoms with Crippen molar-refractivity contribution in [3.05, 3.63) is 53.7 Å². The maximum atomic E-state index is 6.04. The van der Waals surface area contributed by atoms with E-state index >= 15 is 0 Å². The van der Waals surface area contributed by atoms with Crippen molar-refractivity contribution < 1.29 is 9.47 Å². The molecule has 0 radical (unpaired) electrons. The van der Waals surface area contributed by atoms with Gasteiger partial charge in [-0.3, -0.25) is 0 Å². The molecule has 0 aliphatic heterocycles. The van der Waals surface area contributed by atoms with Crippen LogP contribution < -0.4 is 15.2 Å². The van der Waals surface area contributed by atoms with Gasteiger partial charge in [0.1, 0.15) is 12.4 Å². The number of nitrogens with zero attached hydrogens (tertiary/aromatic N) is 1. The predicted molar refractivity (Wildman–Crippen MR) is 83.5 cm³/mol. The van der Waals surface area contributed by atoms with E-state index < -0.39 is 0 Å². The van der Waals surface area contributed by atoms with Crippen LogP contribution >= 0.6 is 0 Å². The second kappa shape index (κ2) is 7.64. The maximum Gasteiger partial charge on any atom is 0.219 e. The van der Waals surface area contributed by atoms with Crippen LogP contribution in [0.4, 0.5) is 0 Å². The lowest BCUT2D eigenvalue weighted by Crippen LogP contribution is -2.21. The first-order valence-corrected chi connectivity index (χ1v) is 7.18. The van der Waals surface area contributed by atoms with Gasteiger partial charge in [-0.05, 0) is 36.6 Å². The van der Waals surface area contributed by atoms with Gasteiger partial charge in [0.25, 0.3) is 0 Å². The summed E-state index contributed by atoms with van der Waals surface area (Å²) in [6, 6.07) is 12.0. The number of hydrogen-bond donors (Lipinski definition) is 1. The summed E-state index contributed by atoms with van der Waals surface area (Å²) in [6.45, 7) is 2.52. The van der Waals surface area contributed by atoms with Crippen molar-refractivity contribution in [3.63, 3.8) is 0 Å². The molecule has 1 unspecified atom stereocenters. The molecule has 0 spiro atoms. The molecule has 21 heavy (non-hydrogen) atoms. The summed E-state index contributed by atoms with van der Waals surface area (Å²) in [6.07, 6.45) is 3.47. The first kappa shape index (κ1) is 15.3. The topological polar surface area (TPSA) is 57.4 Å². The normalized spacial score (nSPS) is 12.0. The number of rotatable bonds is 7. The number of para-hydroxylation sites is 1. The Morgan fingerprint density at radius 1 is 1.14 bits per heavy atom. The van der Waals surface area contributed by atoms with E-state index in [0.29, 0.717) is 12.5 Å². The summed E-state index contributed by atoms with van der Waals surface area (Å²) in [5.41, 5.74) is 8.10. The van der Waals surface area contributed by atoms with E-state index in [0.717, 1.165) is 29.7 Å². The number of ether oxygens (including phenoxy) is 2. The van der Waals surface area contributed by atoms with Gasteiger partial charge in [-0.25, -0.2) is 4.98 Å². The van der Waals surface area contributed by atoms with Crippen LogP contribution in [-0.4, -0.2) is 18.1 Å². The third-order valence-electron chi connectivity index (χ3n) is 3.41.